The summed E-state index contributed by atoms with van der Waals surface area (Å²) in [6.07, 6.45) is 0. The van der Waals surface area contributed by atoms with Crippen molar-refractivity contribution in [3.63, 3.8) is 0 Å². The van der Waals surface area contributed by atoms with Crippen molar-refractivity contribution >= 4 is 59.7 Å². The average Bonchev–Trinajstić information content (AvgIpc) is 3.66. The first kappa shape index (κ1) is 25.8. The van der Waals surface area contributed by atoms with Crippen LogP contribution < -0.4 is 0 Å². The van der Waals surface area contributed by atoms with E-state index in [1.54, 1.807) is 0 Å². The Hall–Kier alpha value is -5.38. The van der Waals surface area contributed by atoms with E-state index >= 15 is 0 Å². The van der Waals surface area contributed by atoms with Crippen LogP contribution >= 0.6 is 15.9 Å². The van der Waals surface area contributed by atoms with Crippen molar-refractivity contribution in [1.82, 2.24) is 4.57 Å². The van der Waals surface area contributed by atoms with Gasteiger partial charge in [-0.2, -0.15) is 0 Å². The number of furan rings is 1. The molecule has 3 heteroatoms. The van der Waals surface area contributed by atoms with Crippen molar-refractivity contribution < 1.29 is 4.42 Å². The zero-order valence-corrected chi connectivity index (χ0v) is 26.8. The van der Waals surface area contributed by atoms with E-state index in [1.807, 2.05) is 12.1 Å². The van der Waals surface area contributed by atoms with Gasteiger partial charge >= 0.3 is 0 Å². The largest absolute Gasteiger partial charge is 0.456 e. The number of hydrogen-bond acceptors (Lipinski definition) is 1. The Bertz CT molecular complexity index is 2730. The van der Waals surface area contributed by atoms with Crippen LogP contribution in [0.25, 0.3) is 60.6 Å². The van der Waals surface area contributed by atoms with E-state index in [0.29, 0.717) is 0 Å². The third-order valence-corrected chi connectivity index (χ3v) is 11.3. The molecule has 3 aliphatic carbocycles. The topological polar surface area (TPSA) is 18.1 Å². The minimum Gasteiger partial charge on any atom is -0.456 e. The molecule has 0 saturated carbocycles. The zero-order valence-electron chi connectivity index (χ0n) is 25.2. The lowest BCUT2D eigenvalue weighted by Crippen LogP contribution is -2.28. The minimum absolute atomic E-state index is 0.197. The first-order chi connectivity index (χ1) is 23.2. The van der Waals surface area contributed by atoms with Crippen LogP contribution in [0.3, 0.4) is 0 Å². The summed E-state index contributed by atoms with van der Waals surface area (Å²) in [4.78, 5) is 0. The van der Waals surface area contributed by atoms with Gasteiger partial charge in [0.05, 0.1) is 11.0 Å². The standard InChI is InChI=1S/C44H26BrNO/c45-36-21-20-27(43-41-31-11-1-3-13-33(31)42(44(36)43)34-14-4-2-12-32(34)41)25-17-22-38-35(23-25)28-9-5-7-15-37(28)46(38)26-18-19-30-29-10-6-8-16-39(29)47-40(30)24-26/h1-24,41-42H. The van der Waals surface area contributed by atoms with Crippen molar-refractivity contribution in [2.75, 3.05) is 0 Å². The quantitative estimate of drug-likeness (QED) is 0.180. The highest BCUT2D eigenvalue weighted by Gasteiger charge is 2.43. The number of halogens is 1. The Kier molecular flexibility index (Phi) is 5.12. The van der Waals surface area contributed by atoms with Crippen LogP contribution in [0.1, 0.15) is 45.2 Å². The van der Waals surface area contributed by atoms with Crippen LogP contribution in [-0.2, 0) is 0 Å². The second kappa shape index (κ2) is 9.34. The number of aromatic nitrogens is 1. The summed E-state index contributed by atoms with van der Waals surface area (Å²) in [6, 6.07) is 53.4. The maximum Gasteiger partial charge on any atom is 0.137 e. The molecule has 0 spiro atoms. The lowest BCUT2D eigenvalue weighted by atomic mass is 9.60. The highest BCUT2D eigenvalue weighted by atomic mass is 79.9. The number of rotatable bonds is 2. The summed E-state index contributed by atoms with van der Waals surface area (Å²) in [5.74, 6) is 0.415. The Morgan fingerprint density at radius 1 is 0.468 bits per heavy atom. The molecule has 0 radical (unpaired) electrons. The number of fused-ring (bicyclic) bond motifs is 6. The van der Waals surface area contributed by atoms with Crippen LogP contribution in [-0.4, -0.2) is 4.57 Å². The molecule has 0 unspecified atom stereocenters. The predicted molar refractivity (Wildman–Crippen MR) is 196 cm³/mol. The Morgan fingerprint density at radius 3 is 1.85 bits per heavy atom. The Labute approximate surface area is 279 Å². The fraction of sp³-hybridized carbons (Fsp3) is 0.0455. The molecule has 2 nitrogen and oxygen atoms in total. The highest BCUT2D eigenvalue weighted by molar-refractivity contribution is 9.10. The molecule has 3 aliphatic rings. The van der Waals surface area contributed by atoms with Crippen molar-refractivity contribution in [3.05, 3.63) is 183 Å². The van der Waals surface area contributed by atoms with E-state index < -0.39 is 0 Å². The third kappa shape index (κ3) is 3.39. The van der Waals surface area contributed by atoms with Crippen molar-refractivity contribution in [2.45, 2.75) is 11.8 Å². The number of nitrogens with zero attached hydrogens (tertiary/aromatic N) is 1. The van der Waals surface area contributed by atoms with Crippen LogP contribution in [0.5, 0.6) is 0 Å². The molecular formula is C44H26BrNO. The van der Waals surface area contributed by atoms with E-state index in [4.69, 9.17) is 4.42 Å². The van der Waals surface area contributed by atoms with E-state index in [2.05, 4.69) is 154 Å². The smallest absolute Gasteiger partial charge is 0.137 e. The first-order valence-corrected chi connectivity index (χ1v) is 17.0. The van der Waals surface area contributed by atoms with Crippen molar-refractivity contribution in [3.8, 4) is 16.8 Å². The Balaban J connectivity index is 1.14. The van der Waals surface area contributed by atoms with Gasteiger partial charge in [0.1, 0.15) is 11.2 Å². The normalized spacial score (nSPS) is 16.2. The van der Waals surface area contributed by atoms with Gasteiger partial charge in [0.15, 0.2) is 0 Å². The molecule has 0 N–H and O–H groups in total. The van der Waals surface area contributed by atoms with Crippen molar-refractivity contribution in [1.29, 1.82) is 0 Å². The van der Waals surface area contributed by atoms with Crippen LogP contribution in [0, 0.1) is 0 Å². The minimum atomic E-state index is 0.197. The number of benzene rings is 7. The lowest BCUT2D eigenvalue weighted by Gasteiger charge is -2.43. The lowest BCUT2D eigenvalue weighted by molar-refractivity contribution is 0.668. The van der Waals surface area contributed by atoms with Gasteiger partial charge in [-0.3, -0.25) is 0 Å². The fourth-order valence-electron chi connectivity index (χ4n) is 8.77. The molecule has 7 aromatic carbocycles. The summed E-state index contributed by atoms with van der Waals surface area (Å²) in [5.41, 5.74) is 16.4. The average molecular weight is 665 g/mol. The number of hydrogen-bond donors (Lipinski definition) is 0. The molecule has 0 aliphatic heterocycles. The second-order valence-corrected chi connectivity index (χ2v) is 13.8. The maximum absolute atomic E-state index is 6.31. The molecule has 220 valence electrons. The molecule has 0 atom stereocenters. The van der Waals surface area contributed by atoms with Crippen molar-refractivity contribution in [2.24, 2.45) is 0 Å². The van der Waals surface area contributed by atoms with Crippen LogP contribution in [0.4, 0.5) is 0 Å². The molecule has 0 amide bonds. The highest BCUT2D eigenvalue weighted by Crippen LogP contribution is 2.59. The van der Waals surface area contributed by atoms with Gasteiger partial charge in [-0.1, -0.05) is 113 Å². The molecule has 9 aromatic rings. The van der Waals surface area contributed by atoms with Crippen LogP contribution in [0.15, 0.2) is 154 Å². The summed E-state index contributed by atoms with van der Waals surface area (Å²) < 4.78 is 9.88. The van der Waals surface area contributed by atoms with Gasteiger partial charge in [-0.25, -0.2) is 0 Å². The molecule has 2 heterocycles. The summed E-state index contributed by atoms with van der Waals surface area (Å²) in [5, 5.41) is 4.79. The third-order valence-electron chi connectivity index (χ3n) is 10.7. The molecule has 47 heavy (non-hydrogen) atoms. The first-order valence-electron chi connectivity index (χ1n) is 16.2. The van der Waals surface area contributed by atoms with Gasteiger partial charge in [-0.15, -0.1) is 0 Å². The van der Waals surface area contributed by atoms with Gasteiger partial charge < -0.3 is 8.98 Å². The second-order valence-electron chi connectivity index (χ2n) is 12.9. The molecule has 12 rings (SSSR count). The molecule has 0 saturated heterocycles. The SMILES string of the molecule is Brc1ccc(-c2ccc3c(c2)c2ccccc2n3-c2ccc3c(c2)oc2ccccc23)c2c1C1c3ccccc3C2c2ccccc21. The van der Waals surface area contributed by atoms with Gasteiger partial charge in [0, 0.05) is 49.6 Å². The molecule has 0 fully saturated rings. The Morgan fingerprint density at radius 2 is 1.09 bits per heavy atom. The monoisotopic (exact) mass is 663 g/mol. The van der Waals surface area contributed by atoms with Gasteiger partial charge in [-0.05, 0) is 87.0 Å². The van der Waals surface area contributed by atoms with E-state index in [0.717, 1.165) is 27.6 Å². The molecule has 2 bridgehead atoms. The van der Waals surface area contributed by atoms with Gasteiger partial charge in [0.25, 0.3) is 0 Å². The van der Waals surface area contributed by atoms with E-state index in [1.165, 1.54) is 70.8 Å². The summed E-state index contributed by atoms with van der Waals surface area (Å²) in [7, 11) is 0. The molecular weight excluding hydrogens is 638 g/mol. The summed E-state index contributed by atoms with van der Waals surface area (Å²) >= 11 is 4.01. The van der Waals surface area contributed by atoms with Gasteiger partial charge in [0.2, 0.25) is 0 Å². The predicted octanol–water partition coefficient (Wildman–Crippen LogP) is 12.1. The van der Waals surface area contributed by atoms with Crippen LogP contribution in [0.2, 0.25) is 0 Å². The van der Waals surface area contributed by atoms with E-state index in [-0.39, 0.29) is 11.8 Å². The number of para-hydroxylation sites is 2. The van der Waals surface area contributed by atoms with E-state index in [9.17, 15) is 0 Å². The summed E-state index contributed by atoms with van der Waals surface area (Å²) in [6.45, 7) is 0. The maximum atomic E-state index is 6.31. The molecule has 2 aromatic heterocycles. The zero-order chi connectivity index (χ0) is 30.8. The fourth-order valence-corrected chi connectivity index (χ4v) is 9.34.